The molecule has 1 heterocycles. The Balaban J connectivity index is 2.54. The van der Waals surface area contributed by atoms with Crippen LogP contribution in [0.3, 0.4) is 0 Å². The minimum atomic E-state index is -0.519. The molecule has 1 unspecified atom stereocenters. The molecule has 15 heavy (non-hydrogen) atoms. The molecule has 1 atom stereocenters. The number of hydrogen-bond acceptors (Lipinski definition) is 3. The highest BCUT2D eigenvalue weighted by Gasteiger charge is 2.07. The molecule has 0 radical (unpaired) electrons. The third-order valence-electron chi connectivity index (χ3n) is 1.98. The summed E-state index contributed by atoms with van der Waals surface area (Å²) in [5.41, 5.74) is 5.62. The summed E-state index contributed by atoms with van der Waals surface area (Å²) in [7, 11) is 0. The number of nitrogens with two attached hydrogens (primary N) is 1. The normalized spacial score (nSPS) is 12.2. The number of aromatic nitrogens is 1. The summed E-state index contributed by atoms with van der Waals surface area (Å²) < 4.78 is 12.7. The number of nitrogens with one attached hydrogen (secondary N) is 1. The molecular weight excluding hydrogens is 197 g/mol. The number of halogens is 1. The fourth-order valence-corrected chi connectivity index (χ4v) is 0.988. The Morgan fingerprint density at radius 3 is 3.00 bits per heavy atom. The second kappa shape index (κ2) is 5.41. The molecule has 4 nitrogen and oxygen atoms in total. The van der Waals surface area contributed by atoms with Gasteiger partial charge >= 0.3 is 0 Å². The van der Waals surface area contributed by atoms with Gasteiger partial charge in [0.1, 0.15) is 5.82 Å². The van der Waals surface area contributed by atoms with Crippen molar-refractivity contribution in [2.24, 2.45) is 11.7 Å². The molecule has 5 heteroatoms. The highest BCUT2D eigenvalue weighted by molar-refractivity contribution is 5.93. The van der Waals surface area contributed by atoms with Crippen LogP contribution in [0.4, 0.5) is 4.39 Å². The van der Waals surface area contributed by atoms with Gasteiger partial charge in [0.2, 0.25) is 0 Å². The van der Waals surface area contributed by atoms with Crippen LogP contribution in [0.2, 0.25) is 0 Å². The fraction of sp³-hybridized carbons (Fsp3) is 0.400. The highest BCUT2D eigenvalue weighted by Crippen LogP contribution is 2.00. The Morgan fingerprint density at radius 1 is 1.67 bits per heavy atom. The zero-order valence-electron chi connectivity index (χ0n) is 8.53. The van der Waals surface area contributed by atoms with Gasteiger partial charge in [-0.05, 0) is 18.5 Å². The summed E-state index contributed by atoms with van der Waals surface area (Å²) in [6, 6.07) is 1.15. The summed E-state index contributed by atoms with van der Waals surface area (Å²) in [6.07, 6.45) is 2.38. The van der Waals surface area contributed by atoms with Gasteiger partial charge in [0.25, 0.3) is 5.91 Å². The molecule has 0 aromatic carbocycles. The lowest BCUT2D eigenvalue weighted by atomic mass is 10.2. The van der Waals surface area contributed by atoms with Crippen molar-refractivity contribution in [3.05, 3.63) is 29.8 Å². The molecule has 0 saturated carbocycles. The largest absolute Gasteiger partial charge is 0.352 e. The molecular formula is C10H14FN3O. The maximum absolute atomic E-state index is 12.7. The predicted molar refractivity (Wildman–Crippen MR) is 54.7 cm³/mol. The van der Waals surface area contributed by atoms with Gasteiger partial charge in [0, 0.05) is 12.7 Å². The summed E-state index contributed by atoms with van der Waals surface area (Å²) in [4.78, 5) is 15.1. The number of rotatable bonds is 4. The number of nitrogens with zero attached hydrogens (tertiary/aromatic N) is 1. The first-order chi connectivity index (χ1) is 7.13. The van der Waals surface area contributed by atoms with Crippen LogP contribution in [0, 0.1) is 11.7 Å². The van der Waals surface area contributed by atoms with Gasteiger partial charge in [0.05, 0.1) is 11.8 Å². The smallest absolute Gasteiger partial charge is 0.252 e. The molecule has 0 aliphatic rings. The van der Waals surface area contributed by atoms with Gasteiger partial charge in [-0.1, -0.05) is 6.92 Å². The van der Waals surface area contributed by atoms with E-state index in [-0.39, 0.29) is 17.4 Å². The maximum Gasteiger partial charge on any atom is 0.252 e. The van der Waals surface area contributed by atoms with E-state index in [0.29, 0.717) is 13.1 Å². The number of pyridine rings is 1. The van der Waals surface area contributed by atoms with Crippen LogP contribution >= 0.6 is 0 Å². The summed E-state index contributed by atoms with van der Waals surface area (Å²) in [6.45, 7) is 2.90. The van der Waals surface area contributed by atoms with Gasteiger partial charge < -0.3 is 11.1 Å². The lowest BCUT2D eigenvalue weighted by Gasteiger charge is -2.09. The Hall–Kier alpha value is -1.49. The molecule has 1 amide bonds. The van der Waals surface area contributed by atoms with Crippen LogP contribution in [0.5, 0.6) is 0 Å². The van der Waals surface area contributed by atoms with Gasteiger partial charge in [-0.2, -0.15) is 0 Å². The number of carbonyl (C=O) groups is 1. The molecule has 0 bridgehead atoms. The standard InChI is InChI=1S/C10H14FN3O/c1-7(3-12)4-14-10(15)8-2-9(11)6-13-5-8/h2,5-7H,3-4,12H2,1H3,(H,14,15). The van der Waals surface area contributed by atoms with Crippen molar-refractivity contribution < 1.29 is 9.18 Å². The predicted octanol–water partition coefficient (Wildman–Crippen LogP) is 0.545. The average Bonchev–Trinajstić information content (AvgIpc) is 2.25. The molecule has 0 saturated heterocycles. The third-order valence-corrected chi connectivity index (χ3v) is 1.98. The van der Waals surface area contributed by atoms with E-state index in [1.165, 1.54) is 6.20 Å². The van der Waals surface area contributed by atoms with Gasteiger partial charge in [-0.25, -0.2) is 4.39 Å². The molecule has 3 N–H and O–H groups in total. The Bertz CT molecular complexity index is 343. The summed E-state index contributed by atoms with van der Waals surface area (Å²) in [5.74, 6) is -0.646. The van der Waals surface area contributed by atoms with Crippen molar-refractivity contribution in [3.8, 4) is 0 Å². The number of hydrogen-bond donors (Lipinski definition) is 2. The van der Waals surface area contributed by atoms with Crippen LogP contribution in [0.25, 0.3) is 0 Å². The van der Waals surface area contributed by atoms with Gasteiger partial charge in [-0.3, -0.25) is 9.78 Å². The van der Waals surface area contributed by atoms with Crippen LogP contribution in [-0.4, -0.2) is 24.0 Å². The average molecular weight is 211 g/mol. The van der Waals surface area contributed by atoms with E-state index >= 15 is 0 Å². The van der Waals surface area contributed by atoms with E-state index < -0.39 is 5.82 Å². The zero-order valence-corrected chi connectivity index (χ0v) is 8.53. The van der Waals surface area contributed by atoms with Crippen molar-refractivity contribution >= 4 is 5.91 Å². The van der Waals surface area contributed by atoms with Crippen molar-refractivity contribution in [3.63, 3.8) is 0 Å². The maximum atomic E-state index is 12.7. The Morgan fingerprint density at radius 2 is 2.40 bits per heavy atom. The van der Waals surface area contributed by atoms with Crippen LogP contribution < -0.4 is 11.1 Å². The van der Waals surface area contributed by atoms with E-state index in [1.54, 1.807) is 0 Å². The molecule has 0 aliphatic carbocycles. The van der Waals surface area contributed by atoms with Crippen molar-refractivity contribution in [2.75, 3.05) is 13.1 Å². The number of carbonyl (C=O) groups excluding carboxylic acids is 1. The van der Waals surface area contributed by atoms with Crippen molar-refractivity contribution in [2.45, 2.75) is 6.92 Å². The fourth-order valence-electron chi connectivity index (χ4n) is 0.988. The second-order valence-corrected chi connectivity index (χ2v) is 3.44. The van der Waals surface area contributed by atoms with E-state index in [9.17, 15) is 9.18 Å². The Kier molecular flexibility index (Phi) is 4.17. The van der Waals surface area contributed by atoms with E-state index in [4.69, 9.17) is 5.73 Å². The lowest BCUT2D eigenvalue weighted by Crippen LogP contribution is -2.31. The first kappa shape index (κ1) is 11.6. The topological polar surface area (TPSA) is 68.0 Å². The molecule has 1 aromatic heterocycles. The molecule has 0 fully saturated rings. The van der Waals surface area contributed by atoms with Crippen molar-refractivity contribution in [1.29, 1.82) is 0 Å². The lowest BCUT2D eigenvalue weighted by molar-refractivity contribution is 0.0947. The molecule has 1 aromatic rings. The number of amides is 1. The van der Waals surface area contributed by atoms with Crippen LogP contribution in [0.1, 0.15) is 17.3 Å². The van der Waals surface area contributed by atoms with Gasteiger partial charge in [-0.15, -0.1) is 0 Å². The van der Waals surface area contributed by atoms with Crippen LogP contribution in [0.15, 0.2) is 18.5 Å². The first-order valence-corrected chi connectivity index (χ1v) is 4.72. The monoisotopic (exact) mass is 211 g/mol. The molecule has 1 rings (SSSR count). The van der Waals surface area contributed by atoms with Gasteiger partial charge in [0.15, 0.2) is 0 Å². The quantitative estimate of drug-likeness (QED) is 0.764. The minimum absolute atomic E-state index is 0.204. The minimum Gasteiger partial charge on any atom is -0.352 e. The zero-order chi connectivity index (χ0) is 11.3. The Labute approximate surface area is 87.7 Å². The second-order valence-electron chi connectivity index (χ2n) is 3.44. The highest BCUT2D eigenvalue weighted by atomic mass is 19.1. The van der Waals surface area contributed by atoms with E-state index in [1.807, 2.05) is 6.92 Å². The first-order valence-electron chi connectivity index (χ1n) is 4.72. The van der Waals surface area contributed by atoms with Crippen LogP contribution in [-0.2, 0) is 0 Å². The summed E-state index contributed by atoms with van der Waals surface area (Å²) in [5, 5.41) is 2.65. The van der Waals surface area contributed by atoms with Crippen molar-refractivity contribution in [1.82, 2.24) is 10.3 Å². The molecule has 82 valence electrons. The van der Waals surface area contributed by atoms with E-state index in [0.717, 1.165) is 12.3 Å². The SMILES string of the molecule is CC(CN)CNC(=O)c1cncc(F)c1. The third kappa shape index (κ3) is 3.63. The molecule has 0 aliphatic heterocycles. The molecule has 0 spiro atoms. The van der Waals surface area contributed by atoms with E-state index in [2.05, 4.69) is 10.3 Å². The summed E-state index contributed by atoms with van der Waals surface area (Å²) >= 11 is 0.